The Morgan fingerprint density at radius 3 is 2.31 bits per heavy atom. The molecule has 0 unspecified atom stereocenters. The van der Waals surface area contributed by atoms with Gasteiger partial charge in [-0.2, -0.15) is 9.61 Å². The number of benzene rings is 2. The van der Waals surface area contributed by atoms with E-state index in [9.17, 15) is 9.18 Å². The first-order valence-electron chi connectivity index (χ1n) is 8.05. The van der Waals surface area contributed by atoms with E-state index in [4.69, 9.17) is 5.73 Å². The van der Waals surface area contributed by atoms with E-state index >= 15 is 0 Å². The molecule has 0 spiro atoms. The summed E-state index contributed by atoms with van der Waals surface area (Å²) in [5.74, 6) is -0.305. The number of nitrogens with zero attached hydrogens (tertiary/aromatic N) is 3. The highest BCUT2D eigenvalue weighted by molar-refractivity contribution is 5.70. The summed E-state index contributed by atoms with van der Waals surface area (Å²) in [5, 5.41) is 4.35. The molecule has 0 radical (unpaired) electrons. The van der Waals surface area contributed by atoms with Crippen molar-refractivity contribution in [1.82, 2.24) is 14.6 Å². The average molecular weight is 346 g/mol. The lowest BCUT2D eigenvalue weighted by molar-refractivity contribution is 0.628. The van der Waals surface area contributed by atoms with Crippen molar-refractivity contribution in [2.45, 2.75) is 6.92 Å². The zero-order valence-corrected chi connectivity index (χ0v) is 14.0. The van der Waals surface area contributed by atoms with E-state index < -0.39 is 0 Å². The van der Waals surface area contributed by atoms with Crippen LogP contribution in [0.15, 0.2) is 65.5 Å². The SMILES string of the molecule is Cc1nn2c(=O)cc(-c3ccc(N)cc3)nc2cc1-c1ccc(F)cc1. The molecule has 0 aliphatic heterocycles. The number of fused-ring (bicyclic) bond motifs is 1. The number of hydrogen-bond donors (Lipinski definition) is 1. The van der Waals surface area contributed by atoms with Gasteiger partial charge in [-0.25, -0.2) is 9.37 Å². The summed E-state index contributed by atoms with van der Waals surface area (Å²) >= 11 is 0. The zero-order chi connectivity index (χ0) is 18.3. The molecule has 2 N–H and O–H groups in total. The normalized spacial score (nSPS) is 11.0. The fourth-order valence-electron chi connectivity index (χ4n) is 2.85. The summed E-state index contributed by atoms with van der Waals surface area (Å²) in [6.45, 7) is 1.80. The second kappa shape index (κ2) is 6.07. The van der Waals surface area contributed by atoms with E-state index in [1.807, 2.05) is 12.1 Å². The molecular weight excluding hydrogens is 331 g/mol. The summed E-state index contributed by atoms with van der Waals surface area (Å²) < 4.78 is 14.5. The van der Waals surface area contributed by atoms with Crippen molar-refractivity contribution in [2.75, 3.05) is 5.73 Å². The minimum absolute atomic E-state index is 0.268. The minimum Gasteiger partial charge on any atom is -0.399 e. The first-order valence-corrected chi connectivity index (χ1v) is 8.05. The van der Waals surface area contributed by atoms with Gasteiger partial charge >= 0.3 is 0 Å². The maximum absolute atomic E-state index is 13.2. The zero-order valence-electron chi connectivity index (χ0n) is 14.0. The van der Waals surface area contributed by atoms with Crippen LogP contribution in [0.2, 0.25) is 0 Å². The third-order valence-corrected chi connectivity index (χ3v) is 4.20. The fraction of sp³-hybridized carbons (Fsp3) is 0.0500. The number of nitrogen functional groups attached to an aromatic ring is 1. The molecule has 0 atom stereocenters. The minimum atomic E-state index is -0.305. The average Bonchev–Trinajstić information content (AvgIpc) is 2.63. The van der Waals surface area contributed by atoms with Crippen LogP contribution in [-0.2, 0) is 0 Å². The van der Waals surface area contributed by atoms with Crippen LogP contribution in [0.5, 0.6) is 0 Å². The van der Waals surface area contributed by atoms with Crippen LogP contribution in [-0.4, -0.2) is 14.6 Å². The van der Waals surface area contributed by atoms with Crippen LogP contribution in [0.1, 0.15) is 5.69 Å². The lowest BCUT2D eigenvalue weighted by atomic mass is 10.1. The molecule has 4 rings (SSSR count). The Labute approximate surface area is 148 Å². The van der Waals surface area contributed by atoms with Crippen LogP contribution < -0.4 is 11.3 Å². The molecule has 0 aliphatic carbocycles. The number of rotatable bonds is 2. The van der Waals surface area contributed by atoms with E-state index in [0.29, 0.717) is 22.7 Å². The Morgan fingerprint density at radius 2 is 1.62 bits per heavy atom. The van der Waals surface area contributed by atoms with Gasteiger partial charge in [0.15, 0.2) is 5.65 Å². The molecule has 128 valence electrons. The van der Waals surface area contributed by atoms with Crippen LogP contribution in [0.4, 0.5) is 10.1 Å². The number of aromatic nitrogens is 3. The molecule has 26 heavy (non-hydrogen) atoms. The maximum Gasteiger partial charge on any atom is 0.275 e. The topological polar surface area (TPSA) is 73.3 Å². The molecular formula is C20H15FN4O. The van der Waals surface area contributed by atoms with Gasteiger partial charge in [0.2, 0.25) is 0 Å². The molecule has 0 aliphatic rings. The van der Waals surface area contributed by atoms with Crippen LogP contribution in [0.3, 0.4) is 0 Å². The standard InChI is InChI=1S/C20H15FN4O/c1-12-17(13-2-6-15(21)7-3-13)10-19-23-18(11-20(26)25(19)24-12)14-4-8-16(22)9-5-14/h2-11H,22H2,1H3. The van der Waals surface area contributed by atoms with Gasteiger partial charge in [0.05, 0.1) is 11.4 Å². The van der Waals surface area contributed by atoms with Gasteiger partial charge in [-0.05, 0) is 42.8 Å². The molecule has 6 heteroatoms. The van der Waals surface area contributed by atoms with E-state index in [1.54, 1.807) is 37.3 Å². The van der Waals surface area contributed by atoms with Crippen molar-refractivity contribution in [3.63, 3.8) is 0 Å². The van der Waals surface area contributed by atoms with E-state index in [2.05, 4.69) is 10.1 Å². The van der Waals surface area contributed by atoms with E-state index in [1.165, 1.54) is 22.7 Å². The highest BCUT2D eigenvalue weighted by atomic mass is 19.1. The first-order chi connectivity index (χ1) is 12.5. The third kappa shape index (κ3) is 2.82. The summed E-state index contributed by atoms with van der Waals surface area (Å²) in [6, 6.07) is 16.5. The Hall–Kier alpha value is -3.54. The molecule has 2 aromatic carbocycles. The largest absolute Gasteiger partial charge is 0.399 e. The van der Waals surface area contributed by atoms with Gasteiger partial charge in [0, 0.05) is 22.9 Å². The Bertz CT molecular complexity index is 1170. The molecule has 0 bridgehead atoms. The van der Waals surface area contributed by atoms with Crippen molar-refractivity contribution in [1.29, 1.82) is 0 Å². The number of hydrogen-bond acceptors (Lipinski definition) is 4. The summed E-state index contributed by atoms with van der Waals surface area (Å²) in [7, 11) is 0. The number of anilines is 1. The van der Waals surface area contributed by atoms with Gasteiger partial charge in [-0.1, -0.05) is 24.3 Å². The molecule has 0 amide bonds. The highest BCUT2D eigenvalue weighted by Gasteiger charge is 2.10. The first kappa shape index (κ1) is 16.0. The molecule has 0 fully saturated rings. The molecule has 2 heterocycles. The second-order valence-electron chi connectivity index (χ2n) is 6.02. The molecule has 0 saturated carbocycles. The smallest absolute Gasteiger partial charge is 0.275 e. The third-order valence-electron chi connectivity index (χ3n) is 4.20. The highest BCUT2D eigenvalue weighted by Crippen LogP contribution is 2.24. The van der Waals surface area contributed by atoms with Crippen LogP contribution in [0.25, 0.3) is 28.0 Å². The Kier molecular flexibility index (Phi) is 3.73. The van der Waals surface area contributed by atoms with Crippen LogP contribution in [0, 0.1) is 12.7 Å². The number of halogens is 1. The fourth-order valence-corrected chi connectivity index (χ4v) is 2.85. The maximum atomic E-state index is 13.2. The molecule has 0 saturated heterocycles. The number of nitrogens with two attached hydrogens (primary N) is 1. The van der Waals surface area contributed by atoms with Gasteiger partial charge in [-0.3, -0.25) is 4.79 Å². The van der Waals surface area contributed by atoms with Crippen molar-refractivity contribution in [2.24, 2.45) is 0 Å². The van der Waals surface area contributed by atoms with Crippen molar-refractivity contribution < 1.29 is 4.39 Å². The predicted octanol–water partition coefficient (Wildman–Crippen LogP) is 3.45. The van der Waals surface area contributed by atoms with Crippen LogP contribution >= 0.6 is 0 Å². The van der Waals surface area contributed by atoms with Gasteiger partial charge in [0.1, 0.15) is 5.82 Å². The molecule has 4 aromatic rings. The summed E-state index contributed by atoms with van der Waals surface area (Å²) in [6.07, 6.45) is 0. The monoisotopic (exact) mass is 346 g/mol. The summed E-state index contributed by atoms with van der Waals surface area (Å²) in [5.41, 5.74) is 10.1. The van der Waals surface area contributed by atoms with Crippen molar-refractivity contribution >= 4 is 11.3 Å². The molecule has 5 nitrogen and oxygen atoms in total. The van der Waals surface area contributed by atoms with Gasteiger partial charge < -0.3 is 5.73 Å². The van der Waals surface area contributed by atoms with Crippen molar-refractivity contribution in [3.05, 3.63) is 82.5 Å². The Morgan fingerprint density at radius 1 is 0.962 bits per heavy atom. The van der Waals surface area contributed by atoms with E-state index in [-0.39, 0.29) is 11.4 Å². The molecule has 2 aromatic heterocycles. The van der Waals surface area contributed by atoms with Gasteiger partial charge in [0.25, 0.3) is 5.56 Å². The lowest BCUT2D eigenvalue weighted by Crippen LogP contribution is -2.18. The number of aryl methyl sites for hydroxylation is 1. The van der Waals surface area contributed by atoms with Crippen molar-refractivity contribution in [3.8, 4) is 22.4 Å². The lowest BCUT2D eigenvalue weighted by Gasteiger charge is -2.09. The van der Waals surface area contributed by atoms with Gasteiger partial charge in [-0.15, -0.1) is 0 Å². The predicted molar refractivity (Wildman–Crippen MR) is 99.2 cm³/mol. The second-order valence-corrected chi connectivity index (χ2v) is 6.02. The summed E-state index contributed by atoms with van der Waals surface area (Å²) in [4.78, 5) is 17.0. The van der Waals surface area contributed by atoms with E-state index in [0.717, 1.165) is 16.7 Å². The quantitative estimate of drug-likeness (QED) is 0.564. The Balaban J connectivity index is 1.92.